The first-order valence-corrected chi connectivity index (χ1v) is 9.18. The van der Waals surface area contributed by atoms with Crippen molar-refractivity contribution in [1.29, 1.82) is 0 Å². The molecule has 0 bridgehead atoms. The van der Waals surface area contributed by atoms with Gasteiger partial charge in [-0.1, -0.05) is 5.21 Å². The predicted molar refractivity (Wildman–Crippen MR) is 99.9 cm³/mol. The van der Waals surface area contributed by atoms with E-state index >= 15 is 0 Å². The summed E-state index contributed by atoms with van der Waals surface area (Å²) in [7, 11) is 0. The van der Waals surface area contributed by atoms with E-state index in [2.05, 4.69) is 20.0 Å². The first-order valence-electron chi connectivity index (χ1n) is 9.18. The number of rotatable bonds is 7. The summed E-state index contributed by atoms with van der Waals surface area (Å²) in [6.07, 6.45) is -3.91. The van der Waals surface area contributed by atoms with Crippen molar-refractivity contribution in [3.63, 3.8) is 0 Å². The van der Waals surface area contributed by atoms with Crippen molar-refractivity contribution in [3.05, 3.63) is 40.9 Å². The Kier molecular flexibility index (Phi) is 6.41. The number of carbonyl (C=O) groups excluding carboxylic acids is 2. The van der Waals surface area contributed by atoms with E-state index in [0.29, 0.717) is 0 Å². The maximum absolute atomic E-state index is 12.9. The number of hydrogen-bond acceptors (Lipinski definition) is 9. The van der Waals surface area contributed by atoms with Gasteiger partial charge in [0.15, 0.2) is 11.2 Å². The number of benzene rings is 1. The molecule has 0 amide bonds. The van der Waals surface area contributed by atoms with Gasteiger partial charge in [0.25, 0.3) is 5.56 Å². The minimum atomic E-state index is -4.84. The van der Waals surface area contributed by atoms with Gasteiger partial charge < -0.3 is 14.2 Å². The molecule has 14 heteroatoms. The van der Waals surface area contributed by atoms with Gasteiger partial charge in [0, 0.05) is 0 Å². The number of hydrogen-bond donors (Lipinski definition) is 0. The van der Waals surface area contributed by atoms with E-state index in [4.69, 9.17) is 9.47 Å². The van der Waals surface area contributed by atoms with Crippen LogP contribution in [0, 0.1) is 0 Å². The number of carbonyl (C=O) groups is 2. The summed E-state index contributed by atoms with van der Waals surface area (Å²) >= 11 is 0. The summed E-state index contributed by atoms with van der Waals surface area (Å²) in [5.74, 6) is -2.48. The largest absolute Gasteiger partial charge is 0.573 e. The average molecular weight is 455 g/mol. The molecule has 3 rings (SSSR count). The van der Waals surface area contributed by atoms with E-state index in [1.54, 1.807) is 0 Å². The van der Waals surface area contributed by atoms with Crippen LogP contribution in [0.1, 0.15) is 19.9 Å². The van der Waals surface area contributed by atoms with Crippen molar-refractivity contribution in [2.45, 2.75) is 26.3 Å². The van der Waals surface area contributed by atoms with E-state index in [1.165, 1.54) is 26.0 Å². The van der Waals surface area contributed by atoms with Crippen LogP contribution in [0.5, 0.6) is 5.75 Å². The number of esters is 2. The zero-order valence-electron chi connectivity index (χ0n) is 16.7. The minimum absolute atomic E-state index is 0.0383. The fraction of sp³-hybridized carbons (Fsp3) is 0.333. The third kappa shape index (κ3) is 4.68. The molecular weight excluding hydrogens is 439 g/mol. The summed E-state index contributed by atoms with van der Waals surface area (Å²) in [6.45, 7) is 2.98. The van der Waals surface area contributed by atoms with Gasteiger partial charge in [-0.15, -0.1) is 18.3 Å². The molecule has 2 aromatic heterocycles. The molecule has 2 heterocycles. The lowest BCUT2D eigenvalue weighted by Gasteiger charge is -2.16. The molecule has 32 heavy (non-hydrogen) atoms. The van der Waals surface area contributed by atoms with Gasteiger partial charge in [-0.05, 0) is 38.1 Å². The number of ether oxygens (including phenoxy) is 3. The third-order valence-electron chi connectivity index (χ3n) is 4.00. The monoisotopic (exact) mass is 455 g/mol. The third-order valence-corrected chi connectivity index (χ3v) is 4.00. The number of halogens is 3. The lowest BCUT2D eigenvalue weighted by molar-refractivity contribution is -0.274. The van der Waals surface area contributed by atoms with Crippen molar-refractivity contribution in [2.75, 3.05) is 13.2 Å². The lowest BCUT2D eigenvalue weighted by Crippen LogP contribution is -2.37. The number of nitrogens with zero attached hydrogens (tertiary/aromatic N) is 5. The molecule has 1 aromatic carbocycles. The highest BCUT2D eigenvalue weighted by Gasteiger charge is 2.34. The number of alkyl halides is 3. The van der Waals surface area contributed by atoms with E-state index < -0.39 is 35.7 Å². The lowest BCUT2D eigenvalue weighted by atomic mass is 10.3. The Morgan fingerprint density at radius 3 is 2.19 bits per heavy atom. The highest BCUT2D eigenvalue weighted by molar-refractivity contribution is 5.97. The molecule has 170 valence electrons. The fourth-order valence-corrected chi connectivity index (χ4v) is 2.74. The molecule has 0 aliphatic carbocycles. The second-order valence-corrected chi connectivity index (χ2v) is 6.08. The topological polar surface area (TPSA) is 127 Å². The Bertz CT molecular complexity index is 1170. The van der Waals surface area contributed by atoms with Gasteiger partial charge in [0.05, 0.1) is 18.9 Å². The molecule has 0 aliphatic heterocycles. The standard InChI is InChI=1S/C18H16F3N5O6/c1-3-30-16(28)13(17(29)31-4-2)25-9-22-14-12(15(25)27)23-24-26(14)10-5-7-11(8-6-10)32-18(19,20)21/h5-9,13H,3-4H2,1-2H3. The Hall–Kier alpha value is -3.97. The van der Waals surface area contributed by atoms with Crippen molar-refractivity contribution in [1.82, 2.24) is 24.5 Å². The summed E-state index contributed by atoms with van der Waals surface area (Å²) in [5.41, 5.74) is -0.979. The van der Waals surface area contributed by atoms with Gasteiger partial charge in [0.1, 0.15) is 12.1 Å². The summed E-state index contributed by atoms with van der Waals surface area (Å²) in [4.78, 5) is 41.5. The molecule has 0 spiro atoms. The highest BCUT2D eigenvalue weighted by atomic mass is 19.4. The van der Waals surface area contributed by atoms with Gasteiger partial charge in [-0.25, -0.2) is 14.6 Å². The van der Waals surface area contributed by atoms with Gasteiger partial charge in [-0.3, -0.25) is 9.36 Å². The Balaban J connectivity index is 2.01. The molecule has 0 saturated carbocycles. The van der Waals surface area contributed by atoms with Crippen LogP contribution in [0.4, 0.5) is 13.2 Å². The second kappa shape index (κ2) is 9.03. The normalized spacial score (nSPS) is 11.6. The second-order valence-electron chi connectivity index (χ2n) is 6.08. The smallest absolute Gasteiger partial charge is 0.464 e. The SMILES string of the molecule is CCOC(=O)C(C(=O)OCC)n1cnc2c(nnn2-c2ccc(OC(F)(F)F)cc2)c1=O. The van der Waals surface area contributed by atoms with E-state index in [0.717, 1.165) is 27.7 Å². The molecular formula is C18H16F3N5O6. The molecule has 0 radical (unpaired) electrons. The van der Waals surface area contributed by atoms with Gasteiger partial charge >= 0.3 is 18.3 Å². The first kappa shape index (κ1) is 22.7. The Morgan fingerprint density at radius 2 is 1.66 bits per heavy atom. The predicted octanol–water partition coefficient (Wildman–Crippen LogP) is 1.54. The number of aromatic nitrogens is 5. The van der Waals surface area contributed by atoms with Crippen LogP contribution < -0.4 is 10.3 Å². The molecule has 3 aromatic rings. The van der Waals surface area contributed by atoms with Crippen LogP contribution in [0.2, 0.25) is 0 Å². The maximum Gasteiger partial charge on any atom is 0.573 e. The minimum Gasteiger partial charge on any atom is -0.464 e. The zero-order valence-corrected chi connectivity index (χ0v) is 16.7. The average Bonchev–Trinajstić information content (AvgIpc) is 3.15. The van der Waals surface area contributed by atoms with Crippen molar-refractivity contribution in [3.8, 4) is 11.4 Å². The van der Waals surface area contributed by atoms with Crippen LogP contribution in [0.15, 0.2) is 35.4 Å². The van der Waals surface area contributed by atoms with Crippen molar-refractivity contribution >= 4 is 23.1 Å². The van der Waals surface area contributed by atoms with Crippen LogP contribution in [-0.4, -0.2) is 56.1 Å². The summed E-state index contributed by atoms with van der Waals surface area (Å²) in [5, 5.41) is 7.52. The molecule has 0 aliphatic rings. The number of fused-ring (bicyclic) bond motifs is 1. The summed E-state index contributed by atoms with van der Waals surface area (Å²) < 4.78 is 52.3. The van der Waals surface area contributed by atoms with E-state index in [9.17, 15) is 27.6 Å². The molecule has 0 N–H and O–H groups in total. The molecule has 0 atom stereocenters. The highest BCUT2D eigenvalue weighted by Crippen LogP contribution is 2.24. The van der Waals surface area contributed by atoms with Gasteiger partial charge in [0.2, 0.25) is 6.04 Å². The fourth-order valence-electron chi connectivity index (χ4n) is 2.74. The molecule has 0 saturated heterocycles. The van der Waals surface area contributed by atoms with Crippen molar-refractivity contribution in [2.24, 2.45) is 0 Å². The maximum atomic E-state index is 12.9. The summed E-state index contributed by atoms with van der Waals surface area (Å²) in [6, 6.07) is 2.87. The Morgan fingerprint density at radius 1 is 1.06 bits per heavy atom. The van der Waals surface area contributed by atoms with E-state index in [-0.39, 0.29) is 30.1 Å². The quantitative estimate of drug-likeness (QED) is 0.385. The van der Waals surface area contributed by atoms with Crippen LogP contribution in [0.3, 0.4) is 0 Å². The van der Waals surface area contributed by atoms with Crippen LogP contribution >= 0.6 is 0 Å². The molecule has 11 nitrogen and oxygen atoms in total. The van der Waals surface area contributed by atoms with Crippen LogP contribution in [0.25, 0.3) is 16.9 Å². The first-order chi connectivity index (χ1) is 15.2. The van der Waals surface area contributed by atoms with Crippen LogP contribution in [-0.2, 0) is 19.1 Å². The molecule has 0 unspecified atom stereocenters. The van der Waals surface area contributed by atoms with Crippen molar-refractivity contribution < 1.29 is 37.0 Å². The Labute approximate surface area is 177 Å². The van der Waals surface area contributed by atoms with Gasteiger partial charge in [-0.2, -0.15) is 4.68 Å². The zero-order chi connectivity index (χ0) is 23.5. The molecule has 0 fully saturated rings. The van der Waals surface area contributed by atoms with E-state index in [1.807, 2.05) is 0 Å².